The quantitative estimate of drug-likeness (QED) is 0.528. The third kappa shape index (κ3) is 3.46. The molecule has 2 aromatic carbocycles. The number of carbonyl (C=O) groups excluding carboxylic acids is 1. The molecule has 1 fully saturated rings. The lowest BCUT2D eigenvalue weighted by Crippen LogP contribution is -2.38. The first kappa shape index (κ1) is 17.8. The molecule has 144 valence electrons. The number of aromatic amines is 1. The van der Waals surface area contributed by atoms with Crippen molar-refractivity contribution in [3.63, 3.8) is 0 Å². The van der Waals surface area contributed by atoms with E-state index in [1.807, 2.05) is 4.90 Å². The van der Waals surface area contributed by atoms with E-state index in [2.05, 4.69) is 10.3 Å². The number of aromatic nitrogens is 1. The fourth-order valence-corrected chi connectivity index (χ4v) is 3.54. The van der Waals surface area contributed by atoms with E-state index in [4.69, 9.17) is 4.42 Å². The second-order valence-electron chi connectivity index (χ2n) is 6.72. The van der Waals surface area contributed by atoms with Crippen molar-refractivity contribution in [1.82, 2.24) is 4.98 Å². The average Bonchev–Trinajstić information content (AvgIpc) is 3.07. The van der Waals surface area contributed by atoms with Gasteiger partial charge in [0.2, 0.25) is 5.91 Å². The number of nitro groups is 1. The van der Waals surface area contributed by atoms with Gasteiger partial charge in [0.15, 0.2) is 5.58 Å². The highest BCUT2D eigenvalue weighted by molar-refractivity contribution is 5.94. The number of benzene rings is 2. The lowest BCUT2D eigenvalue weighted by Gasteiger charge is -2.32. The predicted octanol–water partition coefficient (Wildman–Crippen LogP) is 2.88. The molecule has 9 nitrogen and oxygen atoms in total. The Kier molecular flexibility index (Phi) is 4.56. The monoisotopic (exact) mass is 382 g/mol. The lowest BCUT2D eigenvalue weighted by atomic mass is 9.95. The number of amides is 1. The van der Waals surface area contributed by atoms with Crippen molar-refractivity contribution in [2.45, 2.75) is 12.8 Å². The minimum Gasteiger partial charge on any atom is -0.408 e. The zero-order chi connectivity index (χ0) is 19.7. The Labute approximate surface area is 159 Å². The van der Waals surface area contributed by atoms with Gasteiger partial charge in [-0.2, -0.15) is 0 Å². The lowest BCUT2D eigenvalue weighted by molar-refractivity contribution is -0.384. The summed E-state index contributed by atoms with van der Waals surface area (Å²) in [6.07, 6.45) is 1.20. The number of carbonyl (C=O) groups is 1. The number of hydrogen-bond donors (Lipinski definition) is 2. The van der Waals surface area contributed by atoms with Crippen molar-refractivity contribution >= 4 is 34.1 Å². The van der Waals surface area contributed by atoms with Gasteiger partial charge < -0.3 is 14.6 Å². The molecule has 0 saturated carbocycles. The van der Waals surface area contributed by atoms with Crippen molar-refractivity contribution in [2.75, 3.05) is 23.3 Å². The van der Waals surface area contributed by atoms with Crippen molar-refractivity contribution in [2.24, 2.45) is 5.92 Å². The van der Waals surface area contributed by atoms with Crippen molar-refractivity contribution < 1.29 is 14.1 Å². The Morgan fingerprint density at radius 3 is 2.71 bits per heavy atom. The molecular formula is C19H18N4O5. The third-order valence-electron chi connectivity index (χ3n) is 4.97. The largest absolute Gasteiger partial charge is 0.417 e. The molecule has 1 aliphatic heterocycles. The van der Waals surface area contributed by atoms with Crippen LogP contribution in [-0.4, -0.2) is 28.9 Å². The van der Waals surface area contributed by atoms with Gasteiger partial charge in [-0.25, -0.2) is 4.79 Å². The van der Waals surface area contributed by atoms with Crippen molar-refractivity contribution in [3.05, 3.63) is 63.1 Å². The van der Waals surface area contributed by atoms with Crippen LogP contribution < -0.4 is 16.0 Å². The van der Waals surface area contributed by atoms with E-state index in [0.29, 0.717) is 48.4 Å². The molecule has 2 heterocycles. The standard InChI is InChI=1S/C19H18N4O5/c24-18(20-13-5-6-17-14(11-13)21-19(25)28-17)12-7-9-22(10-8-12)15-3-1-2-4-16(15)23(26)27/h1-6,11-12H,7-10H2,(H,20,24)(H,21,25). The molecule has 0 radical (unpaired) electrons. The smallest absolute Gasteiger partial charge is 0.408 e. The van der Waals surface area contributed by atoms with Gasteiger partial charge in [-0.1, -0.05) is 12.1 Å². The fraction of sp³-hybridized carbons (Fsp3) is 0.263. The first-order valence-electron chi connectivity index (χ1n) is 8.93. The highest BCUT2D eigenvalue weighted by Crippen LogP contribution is 2.31. The number of nitro benzene ring substituents is 1. The molecule has 1 amide bonds. The molecule has 1 aromatic heterocycles. The van der Waals surface area contributed by atoms with Crippen molar-refractivity contribution in [1.29, 1.82) is 0 Å². The van der Waals surface area contributed by atoms with Gasteiger partial charge in [-0.15, -0.1) is 0 Å². The molecule has 2 N–H and O–H groups in total. The molecule has 9 heteroatoms. The molecule has 4 rings (SSSR count). The summed E-state index contributed by atoms with van der Waals surface area (Å²) in [6.45, 7) is 1.13. The van der Waals surface area contributed by atoms with E-state index >= 15 is 0 Å². The van der Waals surface area contributed by atoms with Crippen LogP contribution in [-0.2, 0) is 4.79 Å². The van der Waals surface area contributed by atoms with Crippen LogP contribution in [0.1, 0.15) is 12.8 Å². The predicted molar refractivity (Wildman–Crippen MR) is 103 cm³/mol. The fourth-order valence-electron chi connectivity index (χ4n) is 3.54. The number of rotatable bonds is 4. The number of anilines is 2. The minimum absolute atomic E-state index is 0.0767. The molecule has 0 aliphatic carbocycles. The minimum atomic E-state index is -0.541. The van der Waals surface area contributed by atoms with Gasteiger partial charge in [0, 0.05) is 30.8 Å². The number of piperidine rings is 1. The second-order valence-corrected chi connectivity index (χ2v) is 6.72. The molecule has 1 aliphatic rings. The maximum absolute atomic E-state index is 12.6. The number of nitrogens with zero attached hydrogens (tertiary/aromatic N) is 2. The molecular weight excluding hydrogens is 364 g/mol. The Morgan fingerprint density at radius 2 is 1.96 bits per heavy atom. The first-order chi connectivity index (χ1) is 13.5. The Bertz CT molecular complexity index is 1090. The van der Waals surface area contributed by atoms with Gasteiger partial charge in [0.05, 0.1) is 10.4 Å². The highest BCUT2D eigenvalue weighted by atomic mass is 16.6. The number of fused-ring (bicyclic) bond motifs is 1. The van der Waals surface area contributed by atoms with Gasteiger partial charge in [0.25, 0.3) is 5.69 Å². The van der Waals surface area contributed by atoms with Crippen LogP contribution >= 0.6 is 0 Å². The zero-order valence-corrected chi connectivity index (χ0v) is 14.9. The van der Waals surface area contributed by atoms with Crippen LogP contribution in [0, 0.1) is 16.0 Å². The number of oxazole rings is 1. The van der Waals surface area contributed by atoms with Crippen molar-refractivity contribution in [3.8, 4) is 0 Å². The van der Waals surface area contributed by atoms with Crippen LogP contribution in [0.4, 0.5) is 17.1 Å². The van der Waals surface area contributed by atoms with Crippen LogP contribution in [0.3, 0.4) is 0 Å². The molecule has 28 heavy (non-hydrogen) atoms. The maximum atomic E-state index is 12.6. The van der Waals surface area contributed by atoms with Crippen LogP contribution in [0.5, 0.6) is 0 Å². The Balaban J connectivity index is 1.41. The van der Waals surface area contributed by atoms with E-state index in [-0.39, 0.29) is 22.4 Å². The molecule has 0 bridgehead atoms. The van der Waals surface area contributed by atoms with E-state index in [0.717, 1.165) is 0 Å². The summed E-state index contributed by atoms with van der Waals surface area (Å²) >= 11 is 0. The summed E-state index contributed by atoms with van der Waals surface area (Å²) < 4.78 is 4.95. The van der Waals surface area contributed by atoms with Gasteiger partial charge in [-0.05, 0) is 37.1 Å². The summed E-state index contributed by atoms with van der Waals surface area (Å²) in [5.41, 5.74) is 2.19. The highest BCUT2D eigenvalue weighted by Gasteiger charge is 2.28. The number of nitrogens with one attached hydrogen (secondary N) is 2. The SMILES string of the molecule is O=C(Nc1ccc2oc(=O)[nH]c2c1)C1CCN(c2ccccc2[N+](=O)[O-])CC1. The van der Waals surface area contributed by atoms with E-state index in [1.54, 1.807) is 36.4 Å². The normalized spacial score (nSPS) is 14.9. The zero-order valence-electron chi connectivity index (χ0n) is 14.9. The summed E-state index contributed by atoms with van der Waals surface area (Å²) in [5, 5.41) is 14.1. The van der Waals surface area contributed by atoms with Gasteiger partial charge in [-0.3, -0.25) is 19.9 Å². The molecule has 1 saturated heterocycles. The number of hydrogen-bond acceptors (Lipinski definition) is 6. The second kappa shape index (κ2) is 7.18. The Morgan fingerprint density at radius 1 is 1.21 bits per heavy atom. The third-order valence-corrected chi connectivity index (χ3v) is 4.97. The van der Waals surface area contributed by atoms with E-state index in [9.17, 15) is 19.7 Å². The first-order valence-corrected chi connectivity index (χ1v) is 8.93. The molecule has 0 unspecified atom stereocenters. The van der Waals surface area contributed by atoms with E-state index in [1.165, 1.54) is 6.07 Å². The number of para-hydroxylation sites is 2. The van der Waals surface area contributed by atoms with E-state index < -0.39 is 5.76 Å². The molecule has 3 aromatic rings. The summed E-state index contributed by atoms with van der Waals surface area (Å²) in [6, 6.07) is 11.6. The summed E-state index contributed by atoms with van der Waals surface area (Å²) in [4.78, 5) is 39.2. The summed E-state index contributed by atoms with van der Waals surface area (Å²) in [5.74, 6) is -0.827. The summed E-state index contributed by atoms with van der Waals surface area (Å²) in [7, 11) is 0. The maximum Gasteiger partial charge on any atom is 0.417 e. The Hall–Kier alpha value is -3.62. The van der Waals surface area contributed by atoms with Gasteiger partial charge >= 0.3 is 5.76 Å². The van der Waals surface area contributed by atoms with Crippen LogP contribution in [0.2, 0.25) is 0 Å². The molecule has 0 atom stereocenters. The topological polar surface area (TPSA) is 121 Å². The average molecular weight is 382 g/mol. The van der Waals surface area contributed by atoms with Crippen LogP contribution in [0.15, 0.2) is 51.7 Å². The molecule has 0 spiro atoms. The van der Waals surface area contributed by atoms with Gasteiger partial charge in [0.1, 0.15) is 5.69 Å². The number of H-pyrrole nitrogens is 1. The van der Waals surface area contributed by atoms with Crippen LogP contribution in [0.25, 0.3) is 11.1 Å².